The smallest absolute Gasteiger partial charge is 0.0430 e. The van der Waals surface area contributed by atoms with Gasteiger partial charge in [0.1, 0.15) is 0 Å². The van der Waals surface area contributed by atoms with Crippen LogP contribution in [0.2, 0.25) is 0 Å². The number of hydrogen-bond donors (Lipinski definition) is 1. The zero-order chi connectivity index (χ0) is 8.55. The summed E-state index contributed by atoms with van der Waals surface area (Å²) in [5.74, 6) is 0. The van der Waals surface area contributed by atoms with Gasteiger partial charge in [-0.1, -0.05) is 25.1 Å². The van der Waals surface area contributed by atoms with Gasteiger partial charge < -0.3 is 5.73 Å². The lowest BCUT2D eigenvalue weighted by Gasteiger charge is -2.11. The van der Waals surface area contributed by atoms with Crippen molar-refractivity contribution >= 4 is 11.8 Å². The molecule has 0 spiro atoms. The third kappa shape index (κ3) is 1.15. The molecule has 12 heavy (non-hydrogen) atoms. The van der Waals surface area contributed by atoms with E-state index in [1.54, 1.807) is 0 Å². The molecule has 0 saturated heterocycles. The summed E-state index contributed by atoms with van der Waals surface area (Å²) in [6.45, 7) is 2.20. The quantitative estimate of drug-likeness (QED) is 0.717. The highest BCUT2D eigenvalue weighted by Gasteiger charge is 2.28. The van der Waals surface area contributed by atoms with Gasteiger partial charge in [-0.05, 0) is 18.1 Å². The highest BCUT2D eigenvalue weighted by Crippen LogP contribution is 2.43. The first kappa shape index (κ1) is 8.14. The van der Waals surface area contributed by atoms with Crippen molar-refractivity contribution in [2.24, 2.45) is 5.73 Å². The summed E-state index contributed by atoms with van der Waals surface area (Å²) in [5.41, 5.74) is 7.41. The Bertz CT molecular complexity index is 285. The molecule has 0 aromatic heterocycles. The second-order valence-corrected chi connectivity index (χ2v) is 4.41. The highest BCUT2D eigenvalue weighted by atomic mass is 32.2. The van der Waals surface area contributed by atoms with Crippen LogP contribution in [0.15, 0.2) is 29.2 Å². The third-order valence-electron chi connectivity index (χ3n) is 2.36. The van der Waals surface area contributed by atoms with Gasteiger partial charge in [0.25, 0.3) is 0 Å². The Morgan fingerprint density at radius 3 is 2.83 bits per heavy atom. The molecule has 0 aliphatic carbocycles. The van der Waals surface area contributed by atoms with Gasteiger partial charge in [0, 0.05) is 16.2 Å². The second-order valence-electron chi connectivity index (χ2n) is 3.13. The molecule has 0 radical (unpaired) electrons. The van der Waals surface area contributed by atoms with Crippen LogP contribution in [0.4, 0.5) is 0 Å². The molecule has 0 saturated carbocycles. The predicted octanol–water partition coefficient (Wildman–Crippen LogP) is 2.57. The van der Waals surface area contributed by atoms with E-state index in [-0.39, 0.29) is 6.04 Å². The first-order chi connectivity index (χ1) is 5.83. The molecule has 1 heterocycles. The van der Waals surface area contributed by atoms with E-state index in [1.165, 1.54) is 10.5 Å². The van der Waals surface area contributed by atoms with Crippen LogP contribution in [0.25, 0.3) is 0 Å². The molecule has 2 unspecified atom stereocenters. The van der Waals surface area contributed by atoms with Crippen LogP contribution in [-0.4, -0.2) is 5.25 Å². The monoisotopic (exact) mass is 179 g/mol. The number of nitrogens with two attached hydrogens (primary N) is 1. The topological polar surface area (TPSA) is 26.0 Å². The van der Waals surface area contributed by atoms with Crippen LogP contribution >= 0.6 is 11.8 Å². The Morgan fingerprint density at radius 1 is 1.42 bits per heavy atom. The SMILES string of the molecule is CCC1Sc2ccccc2C1N. The third-order valence-corrected chi connectivity index (χ3v) is 3.91. The molecule has 0 fully saturated rings. The van der Waals surface area contributed by atoms with Gasteiger partial charge in [-0.15, -0.1) is 11.8 Å². The van der Waals surface area contributed by atoms with Crippen molar-refractivity contribution in [1.82, 2.24) is 0 Å². The van der Waals surface area contributed by atoms with E-state index in [9.17, 15) is 0 Å². The summed E-state index contributed by atoms with van der Waals surface area (Å²) >= 11 is 1.92. The first-order valence-corrected chi connectivity index (χ1v) is 5.22. The number of benzene rings is 1. The van der Waals surface area contributed by atoms with Gasteiger partial charge in [0.2, 0.25) is 0 Å². The molecule has 1 aromatic carbocycles. The van der Waals surface area contributed by atoms with Gasteiger partial charge in [-0.3, -0.25) is 0 Å². The van der Waals surface area contributed by atoms with E-state index < -0.39 is 0 Å². The van der Waals surface area contributed by atoms with E-state index in [1.807, 2.05) is 11.8 Å². The average Bonchev–Trinajstić information content (AvgIpc) is 2.44. The second kappa shape index (κ2) is 3.11. The Labute approximate surface area is 77.3 Å². The van der Waals surface area contributed by atoms with Crippen LogP contribution in [0, 0.1) is 0 Å². The zero-order valence-electron chi connectivity index (χ0n) is 7.16. The summed E-state index contributed by atoms with van der Waals surface area (Å²) < 4.78 is 0. The number of thioether (sulfide) groups is 1. The minimum atomic E-state index is 0.246. The van der Waals surface area contributed by atoms with Gasteiger partial charge in [0.05, 0.1) is 0 Å². The van der Waals surface area contributed by atoms with Crippen LogP contribution < -0.4 is 5.73 Å². The Morgan fingerprint density at radius 2 is 2.17 bits per heavy atom. The molecule has 2 N–H and O–H groups in total. The molecular weight excluding hydrogens is 166 g/mol. The van der Waals surface area contributed by atoms with Crippen LogP contribution in [0.5, 0.6) is 0 Å². The predicted molar refractivity (Wildman–Crippen MR) is 53.3 cm³/mol. The van der Waals surface area contributed by atoms with Gasteiger partial charge in [-0.25, -0.2) is 0 Å². The fourth-order valence-corrected chi connectivity index (χ4v) is 2.92. The normalized spacial score (nSPS) is 27.2. The van der Waals surface area contributed by atoms with E-state index in [0.29, 0.717) is 5.25 Å². The molecule has 2 heteroatoms. The van der Waals surface area contributed by atoms with Crippen molar-refractivity contribution in [1.29, 1.82) is 0 Å². The van der Waals surface area contributed by atoms with Gasteiger partial charge in [-0.2, -0.15) is 0 Å². The van der Waals surface area contributed by atoms with Gasteiger partial charge >= 0.3 is 0 Å². The van der Waals surface area contributed by atoms with E-state index >= 15 is 0 Å². The Kier molecular flexibility index (Phi) is 2.11. The molecule has 2 rings (SSSR count). The lowest BCUT2D eigenvalue weighted by atomic mass is 10.0. The van der Waals surface area contributed by atoms with Gasteiger partial charge in [0.15, 0.2) is 0 Å². The molecule has 1 aromatic rings. The number of fused-ring (bicyclic) bond motifs is 1. The molecule has 64 valence electrons. The minimum Gasteiger partial charge on any atom is -0.323 e. The summed E-state index contributed by atoms with van der Waals surface area (Å²) in [6, 6.07) is 8.70. The van der Waals surface area contributed by atoms with E-state index in [0.717, 1.165) is 6.42 Å². The van der Waals surface area contributed by atoms with E-state index in [4.69, 9.17) is 5.73 Å². The maximum atomic E-state index is 6.08. The summed E-state index contributed by atoms with van der Waals surface area (Å²) in [5, 5.41) is 0.586. The zero-order valence-corrected chi connectivity index (χ0v) is 7.97. The lowest BCUT2D eigenvalue weighted by molar-refractivity contribution is 0.666. The van der Waals surface area contributed by atoms with Crippen LogP contribution in [-0.2, 0) is 0 Å². The molecule has 0 bridgehead atoms. The van der Waals surface area contributed by atoms with Crippen LogP contribution in [0.1, 0.15) is 24.9 Å². The largest absolute Gasteiger partial charge is 0.323 e. The van der Waals surface area contributed by atoms with E-state index in [2.05, 4.69) is 31.2 Å². The number of rotatable bonds is 1. The summed E-state index contributed by atoms with van der Waals surface area (Å²) in [7, 11) is 0. The fraction of sp³-hybridized carbons (Fsp3) is 0.400. The molecular formula is C10H13NS. The Hall–Kier alpha value is -0.470. The van der Waals surface area contributed by atoms with Crippen molar-refractivity contribution in [3.8, 4) is 0 Å². The first-order valence-electron chi connectivity index (χ1n) is 4.34. The van der Waals surface area contributed by atoms with Crippen molar-refractivity contribution in [3.63, 3.8) is 0 Å². The average molecular weight is 179 g/mol. The van der Waals surface area contributed by atoms with Crippen molar-refractivity contribution in [2.45, 2.75) is 29.5 Å². The van der Waals surface area contributed by atoms with Crippen LogP contribution in [0.3, 0.4) is 0 Å². The minimum absolute atomic E-state index is 0.246. The maximum Gasteiger partial charge on any atom is 0.0430 e. The molecule has 0 amide bonds. The van der Waals surface area contributed by atoms with Crippen molar-refractivity contribution in [3.05, 3.63) is 29.8 Å². The molecule has 1 nitrogen and oxygen atoms in total. The lowest BCUT2D eigenvalue weighted by Crippen LogP contribution is -2.18. The number of hydrogen-bond acceptors (Lipinski definition) is 2. The maximum absolute atomic E-state index is 6.08. The summed E-state index contributed by atoms with van der Waals surface area (Å²) in [6.07, 6.45) is 1.15. The van der Waals surface area contributed by atoms with Crippen molar-refractivity contribution in [2.75, 3.05) is 0 Å². The Balaban J connectivity index is 2.35. The molecule has 1 aliphatic rings. The highest BCUT2D eigenvalue weighted by molar-refractivity contribution is 8.00. The fourth-order valence-electron chi connectivity index (χ4n) is 1.64. The van der Waals surface area contributed by atoms with Crippen molar-refractivity contribution < 1.29 is 0 Å². The summed E-state index contributed by atoms with van der Waals surface area (Å²) in [4.78, 5) is 1.37. The molecule has 2 atom stereocenters. The molecule has 1 aliphatic heterocycles. The standard InChI is InChI=1S/C10H13NS/c1-2-8-10(11)7-5-3-4-6-9(7)12-8/h3-6,8,10H,2,11H2,1H3.